The van der Waals surface area contributed by atoms with Gasteiger partial charge >= 0.3 is 0 Å². The van der Waals surface area contributed by atoms with Gasteiger partial charge in [0, 0.05) is 11.8 Å². The predicted molar refractivity (Wildman–Crippen MR) is 73.5 cm³/mol. The number of aliphatic hydroxyl groups excluding tert-OH is 1. The van der Waals surface area contributed by atoms with Gasteiger partial charge in [0.25, 0.3) is 0 Å². The molecule has 3 nitrogen and oxygen atoms in total. The molecule has 110 valence electrons. The van der Waals surface area contributed by atoms with Gasteiger partial charge in [0.2, 0.25) is 0 Å². The Labute approximate surface area is 116 Å². The third-order valence-electron chi connectivity index (χ3n) is 6.89. The lowest BCUT2D eigenvalue weighted by atomic mass is 9.55. The predicted octanol–water partition coefficient (Wildman–Crippen LogP) is 2.09. The monoisotopic (exact) mass is 268 g/mol. The molecule has 3 N–H and O–H groups in total. The Bertz CT molecular complexity index is 407. The van der Waals surface area contributed by atoms with E-state index in [9.17, 15) is 15.3 Å². The second kappa shape index (κ2) is 3.55. The smallest absolute Gasteiger partial charge is 0.0736 e. The molecule has 0 radical (unpaired) electrons. The van der Waals surface area contributed by atoms with E-state index >= 15 is 0 Å². The number of hydrogen-bond donors (Lipinski definition) is 3. The van der Waals surface area contributed by atoms with E-state index in [1.807, 2.05) is 6.92 Å². The van der Waals surface area contributed by atoms with Crippen LogP contribution in [0.4, 0.5) is 0 Å². The standard InChI is InChI=1S/C16H28O3/c1-10-11(17)5-6-16(19)9-15(18)8-13(2,3)7-12(15)14(10,16)4/h10-12,17-19H,5-9H2,1-4H3/t10-,11+,12?,14+,15+,16+/m1/s1. The van der Waals surface area contributed by atoms with Crippen LogP contribution < -0.4 is 0 Å². The molecule has 0 aliphatic heterocycles. The molecule has 0 saturated heterocycles. The summed E-state index contributed by atoms with van der Waals surface area (Å²) in [6.07, 6.45) is 3.12. The molecule has 0 aromatic rings. The molecule has 3 saturated carbocycles. The first-order valence-corrected chi connectivity index (χ1v) is 7.67. The van der Waals surface area contributed by atoms with E-state index in [-0.39, 0.29) is 28.8 Å². The topological polar surface area (TPSA) is 60.7 Å². The molecule has 0 spiro atoms. The van der Waals surface area contributed by atoms with Crippen molar-refractivity contribution in [1.82, 2.24) is 0 Å². The van der Waals surface area contributed by atoms with Crippen molar-refractivity contribution in [2.45, 2.75) is 77.1 Å². The van der Waals surface area contributed by atoms with Crippen molar-refractivity contribution in [3.05, 3.63) is 0 Å². The fourth-order valence-corrected chi connectivity index (χ4v) is 5.88. The van der Waals surface area contributed by atoms with Gasteiger partial charge in [-0.2, -0.15) is 0 Å². The van der Waals surface area contributed by atoms with Gasteiger partial charge < -0.3 is 15.3 Å². The zero-order valence-corrected chi connectivity index (χ0v) is 12.6. The van der Waals surface area contributed by atoms with Crippen LogP contribution in [0.5, 0.6) is 0 Å². The lowest BCUT2D eigenvalue weighted by molar-refractivity contribution is -0.165. The normalized spacial score (nSPS) is 59.8. The number of hydrogen-bond acceptors (Lipinski definition) is 3. The van der Waals surface area contributed by atoms with Crippen LogP contribution in [-0.2, 0) is 0 Å². The minimum atomic E-state index is -0.804. The second-order valence-corrected chi connectivity index (χ2v) is 8.59. The van der Waals surface area contributed by atoms with Crippen LogP contribution in [0.25, 0.3) is 0 Å². The summed E-state index contributed by atoms with van der Waals surface area (Å²) < 4.78 is 0. The first-order chi connectivity index (χ1) is 8.54. The third-order valence-corrected chi connectivity index (χ3v) is 6.89. The number of fused-ring (bicyclic) bond motifs is 3. The quantitative estimate of drug-likeness (QED) is 0.630. The molecular formula is C16H28O3. The molecule has 19 heavy (non-hydrogen) atoms. The van der Waals surface area contributed by atoms with Crippen molar-refractivity contribution >= 4 is 0 Å². The highest BCUT2D eigenvalue weighted by Gasteiger charge is 2.73. The molecule has 6 atom stereocenters. The third kappa shape index (κ3) is 1.55. The highest BCUT2D eigenvalue weighted by Crippen LogP contribution is 2.70. The summed E-state index contributed by atoms with van der Waals surface area (Å²) in [4.78, 5) is 0. The van der Waals surface area contributed by atoms with Crippen molar-refractivity contribution < 1.29 is 15.3 Å². The summed E-state index contributed by atoms with van der Waals surface area (Å²) in [5, 5.41) is 32.5. The van der Waals surface area contributed by atoms with E-state index in [4.69, 9.17) is 0 Å². The van der Waals surface area contributed by atoms with Crippen molar-refractivity contribution in [2.75, 3.05) is 0 Å². The Morgan fingerprint density at radius 3 is 2.32 bits per heavy atom. The summed E-state index contributed by atoms with van der Waals surface area (Å²) in [5.74, 6) is 0.143. The van der Waals surface area contributed by atoms with Crippen molar-refractivity contribution in [2.24, 2.45) is 22.7 Å². The SMILES string of the molecule is C[C@@H]1[C@@H](O)CC[C@]2(O)C[C@@]3(O)CC(C)(C)CC3[C@]12C. The van der Waals surface area contributed by atoms with E-state index in [1.54, 1.807) is 0 Å². The molecule has 1 unspecified atom stereocenters. The Morgan fingerprint density at radius 1 is 1.05 bits per heavy atom. The molecule has 0 aromatic carbocycles. The van der Waals surface area contributed by atoms with Crippen LogP contribution in [0.2, 0.25) is 0 Å². The van der Waals surface area contributed by atoms with Crippen LogP contribution in [0.3, 0.4) is 0 Å². The molecular weight excluding hydrogens is 240 g/mol. The summed E-state index contributed by atoms with van der Waals surface area (Å²) in [7, 11) is 0. The Balaban J connectivity index is 2.07. The highest BCUT2D eigenvalue weighted by atomic mass is 16.3. The highest BCUT2D eigenvalue weighted by molar-refractivity contribution is 5.23. The van der Waals surface area contributed by atoms with Gasteiger partial charge in [0.05, 0.1) is 17.3 Å². The van der Waals surface area contributed by atoms with Gasteiger partial charge in [-0.25, -0.2) is 0 Å². The van der Waals surface area contributed by atoms with E-state index < -0.39 is 11.2 Å². The van der Waals surface area contributed by atoms with E-state index in [0.717, 1.165) is 12.8 Å². The minimum absolute atomic E-state index is 0.0409. The molecule has 3 heteroatoms. The molecule has 3 aliphatic carbocycles. The maximum atomic E-state index is 11.1. The van der Waals surface area contributed by atoms with Crippen LogP contribution in [0.1, 0.15) is 59.8 Å². The molecule has 0 aromatic heterocycles. The van der Waals surface area contributed by atoms with Crippen LogP contribution in [0.15, 0.2) is 0 Å². The largest absolute Gasteiger partial charge is 0.393 e. The molecule has 3 rings (SSSR count). The van der Waals surface area contributed by atoms with Gasteiger partial charge in [0.15, 0.2) is 0 Å². The lowest BCUT2D eigenvalue weighted by Gasteiger charge is -2.53. The molecule has 0 amide bonds. The summed E-state index contributed by atoms with van der Waals surface area (Å²) in [6, 6.07) is 0. The van der Waals surface area contributed by atoms with E-state index in [0.29, 0.717) is 19.3 Å². The Hall–Kier alpha value is -0.120. The zero-order valence-electron chi connectivity index (χ0n) is 12.6. The lowest BCUT2D eigenvalue weighted by Crippen LogP contribution is -2.56. The van der Waals surface area contributed by atoms with E-state index in [1.165, 1.54) is 0 Å². The van der Waals surface area contributed by atoms with Gasteiger partial charge in [-0.3, -0.25) is 0 Å². The maximum Gasteiger partial charge on any atom is 0.0736 e. The molecule has 0 heterocycles. The minimum Gasteiger partial charge on any atom is -0.393 e. The molecule has 3 aliphatic rings. The summed E-state index contributed by atoms with van der Waals surface area (Å²) in [6.45, 7) is 8.56. The van der Waals surface area contributed by atoms with Crippen LogP contribution >= 0.6 is 0 Å². The second-order valence-electron chi connectivity index (χ2n) is 8.59. The summed E-state index contributed by atoms with van der Waals surface area (Å²) in [5.41, 5.74) is -1.79. The molecule has 3 fully saturated rings. The van der Waals surface area contributed by atoms with Gasteiger partial charge in [-0.15, -0.1) is 0 Å². The van der Waals surface area contributed by atoms with Crippen molar-refractivity contribution in [3.63, 3.8) is 0 Å². The maximum absolute atomic E-state index is 11.1. The first kappa shape index (κ1) is 13.8. The first-order valence-electron chi connectivity index (χ1n) is 7.67. The fourth-order valence-electron chi connectivity index (χ4n) is 5.88. The number of rotatable bonds is 0. The van der Waals surface area contributed by atoms with Gasteiger partial charge in [-0.05, 0) is 42.9 Å². The van der Waals surface area contributed by atoms with E-state index in [2.05, 4.69) is 20.8 Å². The molecule has 0 bridgehead atoms. The Kier molecular flexibility index (Phi) is 2.59. The summed E-state index contributed by atoms with van der Waals surface area (Å²) >= 11 is 0. The number of aliphatic hydroxyl groups is 3. The Morgan fingerprint density at radius 2 is 1.68 bits per heavy atom. The average molecular weight is 268 g/mol. The fraction of sp³-hybridized carbons (Fsp3) is 1.00. The van der Waals surface area contributed by atoms with Crippen molar-refractivity contribution in [1.29, 1.82) is 0 Å². The average Bonchev–Trinajstić information content (AvgIpc) is 2.59. The van der Waals surface area contributed by atoms with Gasteiger partial charge in [-0.1, -0.05) is 27.7 Å². The van der Waals surface area contributed by atoms with Gasteiger partial charge in [0.1, 0.15) is 0 Å². The van der Waals surface area contributed by atoms with Crippen molar-refractivity contribution in [3.8, 4) is 0 Å². The zero-order chi connectivity index (χ0) is 14.3. The van der Waals surface area contributed by atoms with Crippen LogP contribution in [0, 0.1) is 22.7 Å². The van der Waals surface area contributed by atoms with Crippen LogP contribution in [-0.4, -0.2) is 32.6 Å².